The van der Waals surface area contributed by atoms with E-state index in [1.165, 1.54) is 6.42 Å². The van der Waals surface area contributed by atoms with E-state index in [4.69, 9.17) is 0 Å². The summed E-state index contributed by atoms with van der Waals surface area (Å²) in [4.78, 5) is 11.5. The van der Waals surface area contributed by atoms with Crippen molar-refractivity contribution in [1.82, 2.24) is 20.8 Å². The lowest BCUT2D eigenvalue weighted by atomic mass is 10.1. The van der Waals surface area contributed by atoms with Gasteiger partial charge in [0, 0.05) is 18.7 Å². The fourth-order valence-electron chi connectivity index (χ4n) is 1.80. The summed E-state index contributed by atoms with van der Waals surface area (Å²) in [5.41, 5.74) is 0.933. The quantitative estimate of drug-likeness (QED) is 0.660. The molecule has 0 aliphatic carbocycles. The van der Waals surface area contributed by atoms with Gasteiger partial charge in [0.1, 0.15) is 0 Å². The first kappa shape index (κ1) is 10.2. The van der Waals surface area contributed by atoms with Crippen molar-refractivity contribution in [2.75, 3.05) is 6.54 Å². The Kier molecular flexibility index (Phi) is 3.34. The summed E-state index contributed by atoms with van der Waals surface area (Å²) >= 11 is 0. The predicted molar refractivity (Wildman–Crippen MR) is 56.1 cm³/mol. The van der Waals surface area contributed by atoms with E-state index >= 15 is 0 Å². The maximum atomic E-state index is 11.5. The van der Waals surface area contributed by atoms with Crippen LogP contribution in [0.2, 0.25) is 0 Å². The molecule has 1 aromatic rings. The Bertz CT molecular complexity index is 303. The average molecular weight is 208 g/mol. The summed E-state index contributed by atoms with van der Waals surface area (Å²) in [6.45, 7) is 1.57. The first-order chi connectivity index (χ1) is 7.34. The van der Waals surface area contributed by atoms with Gasteiger partial charge in [0.2, 0.25) is 5.91 Å². The zero-order valence-corrected chi connectivity index (χ0v) is 8.62. The minimum atomic E-state index is 0.101. The third-order valence-electron chi connectivity index (χ3n) is 2.63. The van der Waals surface area contributed by atoms with Crippen LogP contribution in [0.5, 0.6) is 0 Å². The van der Waals surface area contributed by atoms with Gasteiger partial charge in [0.05, 0.1) is 12.2 Å². The van der Waals surface area contributed by atoms with Gasteiger partial charge in [0.25, 0.3) is 0 Å². The fraction of sp³-hybridized carbons (Fsp3) is 0.600. The van der Waals surface area contributed by atoms with Crippen molar-refractivity contribution in [3.8, 4) is 0 Å². The van der Waals surface area contributed by atoms with E-state index in [9.17, 15) is 4.79 Å². The Morgan fingerprint density at radius 1 is 1.67 bits per heavy atom. The lowest BCUT2D eigenvalue weighted by Gasteiger charge is -2.09. The number of hydrogen-bond donors (Lipinski definition) is 3. The molecule has 1 saturated heterocycles. The molecule has 0 bridgehead atoms. The second-order valence-corrected chi connectivity index (χ2v) is 3.86. The molecule has 1 aliphatic rings. The average Bonchev–Trinajstić information content (AvgIpc) is 2.86. The molecule has 5 nitrogen and oxygen atoms in total. The van der Waals surface area contributed by atoms with Gasteiger partial charge in [-0.25, -0.2) is 0 Å². The van der Waals surface area contributed by atoms with Gasteiger partial charge in [-0.15, -0.1) is 0 Å². The second kappa shape index (κ2) is 4.93. The fourth-order valence-corrected chi connectivity index (χ4v) is 1.80. The SMILES string of the molecule is O=C(CC1CCCN1)NCc1ccn[nH]1. The van der Waals surface area contributed by atoms with Crippen LogP contribution in [-0.4, -0.2) is 28.7 Å². The number of amides is 1. The molecule has 1 aliphatic heterocycles. The Balaban J connectivity index is 1.68. The molecular weight excluding hydrogens is 192 g/mol. The molecule has 5 heteroatoms. The molecule has 1 amide bonds. The van der Waals surface area contributed by atoms with Crippen molar-refractivity contribution in [2.24, 2.45) is 0 Å². The van der Waals surface area contributed by atoms with Gasteiger partial charge in [-0.05, 0) is 25.5 Å². The number of aromatic nitrogens is 2. The van der Waals surface area contributed by atoms with Crippen molar-refractivity contribution in [1.29, 1.82) is 0 Å². The highest BCUT2D eigenvalue weighted by atomic mass is 16.1. The Morgan fingerprint density at radius 2 is 2.60 bits per heavy atom. The summed E-state index contributed by atoms with van der Waals surface area (Å²) < 4.78 is 0. The van der Waals surface area contributed by atoms with E-state index in [-0.39, 0.29) is 5.91 Å². The Morgan fingerprint density at radius 3 is 3.27 bits per heavy atom. The lowest BCUT2D eigenvalue weighted by molar-refractivity contribution is -0.121. The van der Waals surface area contributed by atoms with E-state index in [1.807, 2.05) is 6.07 Å². The van der Waals surface area contributed by atoms with E-state index in [0.717, 1.165) is 18.7 Å². The van der Waals surface area contributed by atoms with E-state index in [2.05, 4.69) is 20.8 Å². The number of rotatable bonds is 4. The first-order valence-electron chi connectivity index (χ1n) is 5.33. The van der Waals surface area contributed by atoms with Crippen LogP contribution < -0.4 is 10.6 Å². The van der Waals surface area contributed by atoms with Gasteiger partial charge < -0.3 is 10.6 Å². The van der Waals surface area contributed by atoms with E-state index in [0.29, 0.717) is 19.0 Å². The van der Waals surface area contributed by atoms with Crippen molar-refractivity contribution in [3.05, 3.63) is 18.0 Å². The van der Waals surface area contributed by atoms with Crippen molar-refractivity contribution in [3.63, 3.8) is 0 Å². The lowest BCUT2D eigenvalue weighted by Crippen LogP contribution is -2.31. The number of hydrogen-bond acceptors (Lipinski definition) is 3. The van der Waals surface area contributed by atoms with Crippen LogP contribution in [0.4, 0.5) is 0 Å². The van der Waals surface area contributed by atoms with Crippen LogP contribution in [0.25, 0.3) is 0 Å². The maximum absolute atomic E-state index is 11.5. The third kappa shape index (κ3) is 3.06. The summed E-state index contributed by atoms with van der Waals surface area (Å²) in [6, 6.07) is 2.22. The normalized spacial score (nSPS) is 20.4. The molecule has 1 aromatic heterocycles. The third-order valence-corrected chi connectivity index (χ3v) is 2.63. The summed E-state index contributed by atoms with van der Waals surface area (Å²) in [7, 11) is 0. The van der Waals surface area contributed by atoms with Crippen LogP contribution in [0.15, 0.2) is 12.3 Å². The number of aromatic amines is 1. The molecule has 0 aromatic carbocycles. The van der Waals surface area contributed by atoms with Crippen LogP contribution >= 0.6 is 0 Å². The minimum Gasteiger partial charge on any atom is -0.350 e. The molecule has 2 rings (SSSR count). The molecule has 0 saturated carbocycles. The molecule has 82 valence electrons. The molecule has 1 unspecified atom stereocenters. The monoisotopic (exact) mass is 208 g/mol. The summed E-state index contributed by atoms with van der Waals surface area (Å²) in [5.74, 6) is 0.101. The molecular formula is C10H16N4O. The highest BCUT2D eigenvalue weighted by Crippen LogP contribution is 2.08. The van der Waals surface area contributed by atoms with Crippen LogP contribution in [-0.2, 0) is 11.3 Å². The Hall–Kier alpha value is -1.36. The first-order valence-corrected chi connectivity index (χ1v) is 5.33. The minimum absolute atomic E-state index is 0.101. The highest BCUT2D eigenvalue weighted by molar-refractivity contribution is 5.76. The van der Waals surface area contributed by atoms with Gasteiger partial charge >= 0.3 is 0 Å². The van der Waals surface area contributed by atoms with Crippen molar-refractivity contribution in [2.45, 2.75) is 31.8 Å². The van der Waals surface area contributed by atoms with Crippen LogP contribution in [0.3, 0.4) is 0 Å². The molecule has 1 atom stereocenters. The number of H-pyrrole nitrogens is 1. The van der Waals surface area contributed by atoms with E-state index < -0.39 is 0 Å². The molecule has 15 heavy (non-hydrogen) atoms. The topological polar surface area (TPSA) is 69.8 Å². The molecule has 1 fully saturated rings. The number of nitrogens with one attached hydrogen (secondary N) is 3. The van der Waals surface area contributed by atoms with Crippen LogP contribution in [0, 0.1) is 0 Å². The smallest absolute Gasteiger partial charge is 0.221 e. The van der Waals surface area contributed by atoms with Gasteiger partial charge in [-0.1, -0.05) is 0 Å². The molecule has 3 N–H and O–H groups in total. The maximum Gasteiger partial charge on any atom is 0.221 e. The van der Waals surface area contributed by atoms with Crippen molar-refractivity contribution >= 4 is 5.91 Å². The zero-order valence-electron chi connectivity index (χ0n) is 8.62. The molecule has 0 spiro atoms. The number of carbonyl (C=O) groups excluding carboxylic acids is 1. The summed E-state index contributed by atoms with van der Waals surface area (Å²) in [5, 5.41) is 12.8. The standard InChI is InChI=1S/C10H16N4O/c15-10(6-8-2-1-4-11-8)12-7-9-3-5-13-14-9/h3,5,8,11H,1-2,4,6-7H2,(H,12,15)(H,13,14). The Labute approximate surface area is 88.6 Å². The highest BCUT2D eigenvalue weighted by Gasteiger charge is 2.17. The molecule has 0 radical (unpaired) electrons. The molecule has 2 heterocycles. The van der Waals surface area contributed by atoms with Crippen molar-refractivity contribution < 1.29 is 4.79 Å². The van der Waals surface area contributed by atoms with Gasteiger partial charge in [-0.3, -0.25) is 9.89 Å². The summed E-state index contributed by atoms with van der Waals surface area (Å²) in [6.07, 6.45) is 4.55. The largest absolute Gasteiger partial charge is 0.350 e. The van der Waals surface area contributed by atoms with Gasteiger partial charge in [0.15, 0.2) is 0 Å². The second-order valence-electron chi connectivity index (χ2n) is 3.86. The predicted octanol–water partition coefficient (Wildman–Crippen LogP) is 0.168. The van der Waals surface area contributed by atoms with E-state index in [1.54, 1.807) is 6.20 Å². The number of nitrogens with zero attached hydrogens (tertiary/aromatic N) is 1. The van der Waals surface area contributed by atoms with Gasteiger partial charge in [-0.2, -0.15) is 5.10 Å². The zero-order chi connectivity index (χ0) is 10.5. The van der Waals surface area contributed by atoms with Crippen LogP contribution in [0.1, 0.15) is 25.0 Å². The number of carbonyl (C=O) groups is 1.